The number of nitro groups is 1. The first kappa shape index (κ1) is 16.9. The number of non-ortho nitro benzene ring substituents is 1. The fourth-order valence-corrected chi connectivity index (χ4v) is 2.12. The number of ether oxygens (including phenoxy) is 1. The third kappa shape index (κ3) is 3.93. The zero-order valence-corrected chi connectivity index (χ0v) is 13.2. The summed E-state index contributed by atoms with van der Waals surface area (Å²) in [5, 5.41) is 13.3. The molecule has 130 valence electrons. The van der Waals surface area contributed by atoms with Gasteiger partial charge in [0.05, 0.1) is 16.7 Å². The Hall–Kier alpha value is -3.94. The molecule has 0 radical (unpaired) electrons. The van der Waals surface area contributed by atoms with Crippen molar-refractivity contribution < 1.29 is 23.7 Å². The van der Waals surface area contributed by atoms with Crippen molar-refractivity contribution >= 4 is 23.3 Å². The highest BCUT2D eigenvalue weighted by Gasteiger charge is 2.13. The van der Waals surface area contributed by atoms with Crippen molar-refractivity contribution in [2.75, 3.05) is 5.32 Å². The molecule has 0 atom stereocenters. The molecule has 0 aliphatic carbocycles. The van der Waals surface area contributed by atoms with Crippen LogP contribution in [0.1, 0.15) is 20.9 Å². The number of nitro benzene ring substituents is 1. The number of amides is 1. The quantitative estimate of drug-likeness (QED) is 0.325. The van der Waals surface area contributed by atoms with Crippen LogP contribution in [0.4, 0.5) is 11.4 Å². The molecule has 26 heavy (non-hydrogen) atoms. The number of esters is 1. The summed E-state index contributed by atoms with van der Waals surface area (Å²) in [4.78, 5) is 34.1. The van der Waals surface area contributed by atoms with Crippen LogP contribution in [0.15, 0.2) is 71.3 Å². The molecule has 0 aliphatic rings. The smallest absolute Gasteiger partial charge is 0.343 e. The van der Waals surface area contributed by atoms with Gasteiger partial charge in [0, 0.05) is 23.9 Å². The van der Waals surface area contributed by atoms with E-state index in [0.717, 1.165) is 0 Å². The molecule has 0 bridgehead atoms. The van der Waals surface area contributed by atoms with E-state index in [2.05, 4.69) is 5.32 Å². The summed E-state index contributed by atoms with van der Waals surface area (Å²) >= 11 is 0. The van der Waals surface area contributed by atoms with Crippen LogP contribution in [-0.2, 0) is 0 Å². The molecule has 0 fully saturated rings. The Labute approximate surface area is 147 Å². The minimum Gasteiger partial charge on any atom is -0.459 e. The van der Waals surface area contributed by atoms with Crippen LogP contribution >= 0.6 is 0 Å². The first-order valence-corrected chi connectivity index (χ1v) is 7.44. The summed E-state index contributed by atoms with van der Waals surface area (Å²) in [6.45, 7) is 0. The van der Waals surface area contributed by atoms with Gasteiger partial charge in [-0.2, -0.15) is 0 Å². The van der Waals surface area contributed by atoms with Crippen molar-refractivity contribution in [3.63, 3.8) is 0 Å². The van der Waals surface area contributed by atoms with Gasteiger partial charge in [-0.1, -0.05) is 6.07 Å². The van der Waals surface area contributed by atoms with Crippen LogP contribution in [0.3, 0.4) is 0 Å². The van der Waals surface area contributed by atoms with E-state index in [1.165, 1.54) is 42.7 Å². The second-order valence-corrected chi connectivity index (χ2v) is 5.15. The molecule has 3 aromatic rings. The average molecular weight is 352 g/mol. The van der Waals surface area contributed by atoms with E-state index in [1.807, 2.05) is 0 Å². The number of rotatable bonds is 5. The minimum atomic E-state index is -0.672. The van der Waals surface area contributed by atoms with E-state index < -0.39 is 16.8 Å². The Balaban J connectivity index is 1.69. The predicted molar refractivity (Wildman–Crippen MR) is 91.2 cm³/mol. The van der Waals surface area contributed by atoms with Crippen LogP contribution < -0.4 is 10.1 Å². The standard InChI is InChI=1S/C18H12N2O6/c21-17(16-5-2-10-25-16)19-13-3-1-4-15(11-13)26-18(22)12-6-8-14(9-7-12)20(23)24/h1-11H,(H,19,21). The summed E-state index contributed by atoms with van der Waals surface area (Å²) in [6.07, 6.45) is 1.39. The highest BCUT2D eigenvalue weighted by Crippen LogP contribution is 2.20. The summed E-state index contributed by atoms with van der Waals surface area (Å²) in [6, 6.07) is 14.4. The van der Waals surface area contributed by atoms with E-state index in [4.69, 9.17) is 9.15 Å². The van der Waals surface area contributed by atoms with Crippen LogP contribution in [0.25, 0.3) is 0 Å². The van der Waals surface area contributed by atoms with Gasteiger partial charge in [0.1, 0.15) is 5.75 Å². The lowest BCUT2D eigenvalue weighted by Gasteiger charge is -2.07. The molecule has 0 saturated carbocycles. The third-order valence-corrected chi connectivity index (χ3v) is 3.36. The van der Waals surface area contributed by atoms with Crippen molar-refractivity contribution in [2.24, 2.45) is 0 Å². The highest BCUT2D eigenvalue weighted by molar-refractivity contribution is 6.02. The van der Waals surface area contributed by atoms with Gasteiger partial charge in [-0.15, -0.1) is 0 Å². The average Bonchev–Trinajstić information content (AvgIpc) is 3.17. The van der Waals surface area contributed by atoms with Gasteiger partial charge in [-0.05, 0) is 36.4 Å². The number of hydrogen-bond donors (Lipinski definition) is 1. The number of benzene rings is 2. The van der Waals surface area contributed by atoms with Crippen LogP contribution in [0, 0.1) is 10.1 Å². The van der Waals surface area contributed by atoms with Gasteiger partial charge >= 0.3 is 5.97 Å². The van der Waals surface area contributed by atoms with Crippen LogP contribution in [0.2, 0.25) is 0 Å². The van der Waals surface area contributed by atoms with Crippen molar-refractivity contribution in [1.82, 2.24) is 0 Å². The molecule has 0 spiro atoms. The van der Waals surface area contributed by atoms with E-state index in [0.29, 0.717) is 5.69 Å². The number of carbonyl (C=O) groups excluding carboxylic acids is 2. The van der Waals surface area contributed by atoms with Crippen molar-refractivity contribution in [1.29, 1.82) is 0 Å². The van der Waals surface area contributed by atoms with Crippen LogP contribution in [0.5, 0.6) is 5.75 Å². The Kier molecular flexibility index (Phi) is 4.75. The maximum atomic E-state index is 12.1. The molecule has 0 unspecified atom stereocenters. The molecule has 1 amide bonds. The van der Waals surface area contributed by atoms with Crippen molar-refractivity contribution in [2.45, 2.75) is 0 Å². The fraction of sp³-hybridized carbons (Fsp3) is 0. The highest BCUT2D eigenvalue weighted by atomic mass is 16.6. The summed E-state index contributed by atoms with van der Waals surface area (Å²) in [5.74, 6) is -0.743. The molecule has 0 aliphatic heterocycles. The van der Waals surface area contributed by atoms with Crippen LogP contribution in [-0.4, -0.2) is 16.8 Å². The SMILES string of the molecule is O=C(Oc1cccc(NC(=O)c2ccco2)c1)c1ccc([N+](=O)[O-])cc1. The first-order valence-electron chi connectivity index (χ1n) is 7.44. The zero-order chi connectivity index (χ0) is 18.5. The first-order chi connectivity index (χ1) is 12.5. The molecule has 0 saturated heterocycles. The second kappa shape index (κ2) is 7.31. The second-order valence-electron chi connectivity index (χ2n) is 5.15. The van der Waals surface area contributed by atoms with Gasteiger partial charge in [-0.25, -0.2) is 4.79 Å². The summed E-state index contributed by atoms with van der Waals surface area (Å²) in [5.41, 5.74) is 0.463. The van der Waals surface area contributed by atoms with Crippen molar-refractivity contribution in [3.8, 4) is 5.75 Å². The molecule has 1 aromatic heterocycles. The van der Waals surface area contributed by atoms with E-state index in [9.17, 15) is 19.7 Å². The lowest BCUT2D eigenvalue weighted by molar-refractivity contribution is -0.384. The van der Waals surface area contributed by atoms with Crippen molar-refractivity contribution in [3.05, 3.63) is 88.4 Å². The molecular weight excluding hydrogens is 340 g/mol. The largest absolute Gasteiger partial charge is 0.459 e. The Bertz CT molecular complexity index is 948. The molecule has 1 heterocycles. The minimum absolute atomic E-state index is 0.121. The number of carbonyl (C=O) groups is 2. The fourth-order valence-electron chi connectivity index (χ4n) is 2.12. The maximum absolute atomic E-state index is 12.1. The van der Waals surface area contributed by atoms with Gasteiger partial charge in [0.2, 0.25) is 0 Å². The number of anilines is 1. The van der Waals surface area contributed by atoms with Gasteiger partial charge in [0.25, 0.3) is 11.6 Å². The lowest BCUT2D eigenvalue weighted by Crippen LogP contribution is -2.12. The Morgan fingerprint density at radius 3 is 2.46 bits per heavy atom. The van der Waals surface area contributed by atoms with Gasteiger partial charge in [-0.3, -0.25) is 14.9 Å². The predicted octanol–water partition coefficient (Wildman–Crippen LogP) is 3.66. The van der Waals surface area contributed by atoms with E-state index in [-0.39, 0.29) is 22.8 Å². The van der Waals surface area contributed by atoms with Gasteiger partial charge < -0.3 is 14.5 Å². The molecule has 8 heteroatoms. The Morgan fingerprint density at radius 1 is 1.04 bits per heavy atom. The van der Waals surface area contributed by atoms with E-state index >= 15 is 0 Å². The number of nitrogens with zero attached hydrogens (tertiary/aromatic N) is 1. The van der Waals surface area contributed by atoms with Gasteiger partial charge in [0.15, 0.2) is 5.76 Å². The molecular formula is C18H12N2O6. The summed E-state index contributed by atoms with van der Waals surface area (Å²) in [7, 11) is 0. The number of furan rings is 1. The third-order valence-electron chi connectivity index (χ3n) is 3.36. The maximum Gasteiger partial charge on any atom is 0.343 e. The number of nitrogens with one attached hydrogen (secondary N) is 1. The Morgan fingerprint density at radius 2 is 1.81 bits per heavy atom. The van der Waals surface area contributed by atoms with E-state index in [1.54, 1.807) is 24.3 Å². The molecule has 8 nitrogen and oxygen atoms in total. The normalized spacial score (nSPS) is 10.2. The molecule has 1 N–H and O–H groups in total. The summed E-state index contributed by atoms with van der Waals surface area (Å²) < 4.78 is 10.2. The molecule has 3 rings (SSSR count). The molecule has 2 aromatic carbocycles. The lowest BCUT2D eigenvalue weighted by atomic mass is 10.2. The topological polar surface area (TPSA) is 112 Å². The monoisotopic (exact) mass is 352 g/mol. The zero-order valence-electron chi connectivity index (χ0n) is 13.2. The number of hydrogen-bond acceptors (Lipinski definition) is 6.